The molecule has 2 N–H and O–H groups in total. The van der Waals surface area contributed by atoms with E-state index in [9.17, 15) is 0 Å². The molecule has 0 saturated heterocycles. The molecular weight excluding hydrogens is 104 g/mol. The van der Waals surface area contributed by atoms with E-state index in [0.29, 0.717) is 12.8 Å². The predicted molar refractivity (Wildman–Crippen MR) is 29.1 cm³/mol. The van der Waals surface area contributed by atoms with E-state index in [1.54, 1.807) is 6.08 Å². The van der Waals surface area contributed by atoms with E-state index in [2.05, 4.69) is 5.73 Å². The van der Waals surface area contributed by atoms with Gasteiger partial charge in [0, 0.05) is 12.5 Å². The molecule has 0 bridgehead atoms. The summed E-state index contributed by atoms with van der Waals surface area (Å²) in [5, 5.41) is 17.6. The Kier molecular flexibility index (Phi) is 1.22. The van der Waals surface area contributed by atoms with Crippen LogP contribution < -0.4 is 0 Å². The first kappa shape index (κ1) is 5.57. The van der Waals surface area contributed by atoms with E-state index in [4.69, 9.17) is 10.2 Å². The Morgan fingerprint density at radius 2 is 2.25 bits per heavy atom. The fraction of sp³-hybridized carbons (Fsp3) is 0.500. The van der Waals surface area contributed by atoms with E-state index >= 15 is 0 Å². The SMILES string of the molecule is OC1(O)C=C=CCC1. The van der Waals surface area contributed by atoms with Crippen LogP contribution in [0.4, 0.5) is 0 Å². The number of rotatable bonds is 0. The standard InChI is InChI=1S/C6H8O2/c7-6(8)4-2-1-3-5-6/h1,5,7-8H,2,4H2. The molecular formula is C6H8O2. The molecule has 0 atom stereocenters. The van der Waals surface area contributed by atoms with Crippen LogP contribution >= 0.6 is 0 Å². The van der Waals surface area contributed by atoms with Crippen LogP contribution in [0.15, 0.2) is 17.9 Å². The van der Waals surface area contributed by atoms with Gasteiger partial charge in [-0.25, -0.2) is 0 Å². The Morgan fingerprint density at radius 1 is 1.50 bits per heavy atom. The highest BCUT2D eigenvalue weighted by molar-refractivity contribution is 5.00. The summed E-state index contributed by atoms with van der Waals surface area (Å²) < 4.78 is 0. The van der Waals surface area contributed by atoms with Crippen molar-refractivity contribution < 1.29 is 10.2 Å². The topological polar surface area (TPSA) is 40.5 Å². The summed E-state index contributed by atoms with van der Waals surface area (Å²) in [5.74, 6) is -1.59. The van der Waals surface area contributed by atoms with Crippen molar-refractivity contribution >= 4 is 0 Å². The van der Waals surface area contributed by atoms with E-state index in [-0.39, 0.29) is 0 Å². The molecule has 0 amide bonds. The molecule has 1 aliphatic carbocycles. The lowest BCUT2D eigenvalue weighted by Crippen LogP contribution is -2.25. The van der Waals surface area contributed by atoms with Gasteiger partial charge in [0.1, 0.15) is 0 Å². The Hall–Kier alpha value is -0.560. The van der Waals surface area contributed by atoms with Gasteiger partial charge in [0.2, 0.25) is 0 Å². The van der Waals surface area contributed by atoms with Gasteiger partial charge in [-0.2, -0.15) is 0 Å². The van der Waals surface area contributed by atoms with Crippen LogP contribution in [0.25, 0.3) is 0 Å². The normalized spacial score (nSPS) is 23.8. The minimum absolute atomic E-state index is 0.389. The second-order valence-corrected chi connectivity index (χ2v) is 1.93. The van der Waals surface area contributed by atoms with Crippen LogP contribution in [0.2, 0.25) is 0 Å². The molecule has 0 heterocycles. The Morgan fingerprint density at radius 3 is 2.50 bits per heavy atom. The van der Waals surface area contributed by atoms with Crippen molar-refractivity contribution in [2.24, 2.45) is 0 Å². The van der Waals surface area contributed by atoms with Crippen molar-refractivity contribution in [2.45, 2.75) is 18.6 Å². The largest absolute Gasteiger partial charge is 0.362 e. The maximum Gasteiger partial charge on any atom is 0.190 e. The molecule has 0 fully saturated rings. The van der Waals surface area contributed by atoms with E-state index < -0.39 is 5.79 Å². The van der Waals surface area contributed by atoms with Gasteiger partial charge in [-0.15, -0.1) is 5.73 Å². The quantitative estimate of drug-likeness (QED) is 0.346. The number of hydrogen-bond acceptors (Lipinski definition) is 2. The molecule has 0 unspecified atom stereocenters. The summed E-state index contributed by atoms with van der Waals surface area (Å²) in [4.78, 5) is 0. The first-order valence-corrected chi connectivity index (χ1v) is 2.58. The van der Waals surface area contributed by atoms with Crippen molar-refractivity contribution in [1.29, 1.82) is 0 Å². The van der Waals surface area contributed by atoms with Gasteiger partial charge in [-0.3, -0.25) is 0 Å². The summed E-state index contributed by atoms with van der Waals surface area (Å²) in [7, 11) is 0. The summed E-state index contributed by atoms with van der Waals surface area (Å²) in [6.45, 7) is 0. The van der Waals surface area contributed by atoms with E-state index in [1.807, 2.05) is 0 Å². The molecule has 1 aliphatic rings. The molecule has 0 aromatic heterocycles. The molecule has 2 heteroatoms. The fourth-order valence-corrected chi connectivity index (χ4v) is 0.632. The average molecular weight is 112 g/mol. The highest BCUT2D eigenvalue weighted by Gasteiger charge is 2.18. The third-order valence-corrected chi connectivity index (χ3v) is 1.09. The number of aliphatic hydroxyl groups is 2. The molecule has 2 nitrogen and oxygen atoms in total. The van der Waals surface area contributed by atoms with Gasteiger partial charge in [-0.05, 0) is 12.5 Å². The maximum atomic E-state index is 8.79. The molecule has 0 radical (unpaired) electrons. The lowest BCUT2D eigenvalue weighted by molar-refractivity contribution is -0.123. The highest BCUT2D eigenvalue weighted by Crippen LogP contribution is 2.13. The second-order valence-electron chi connectivity index (χ2n) is 1.93. The number of hydrogen-bond donors (Lipinski definition) is 2. The van der Waals surface area contributed by atoms with Crippen LogP contribution in [0.1, 0.15) is 12.8 Å². The molecule has 0 aromatic carbocycles. The molecule has 8 heavy (non-hydrogen) atoms. The third kappa shape index (κ3) is 1.20. The third-order valence-electron chi connectivity index (χ3n) is 1.09. The highest BCUT2D eigenvalue weighted by atomic mass is 16.5. The fourth-order valence-electron chi connectivity index (χ4n) is 0.632. The molecule has 0 spiro atoms. The predicted octanol–water partition coefficient (Wildman–Crippen LogP) is 0.172. The molecule has 0 aliphatic heterocycles. The van der Waals surface area contributed by atoms with Crippen LogP contribution in [0, 0.1) is 0 Å². The van der Waals surface area contributed by atoms with Gasteiger partial charge in [-0.1, -0.05) is 0 Å². The van der Waals surface area contributed by atoms with E-state index in [1.165, 1.54) is 6.08 Å². The lowest BCUT2D eigenvalue weighted by atomic mass is 10.1. The Balaban J connectivity index is 2.74. The van der Waals surface area contributed by atoms with Crippen molar-refractivity contribution in [3.05, 3.63) is 17.9 Å². The molecule has 1 rings (SSSR count). The van der Waals surface area contributed by atoms with Crippen molar-refractivity contribution in [1.82, 2.24) is 0 Å². The minimum atomic E-state index is -1.59. The van der Waals surface area contributed by atoms with Gasteiger partial charge in [0.25, 0.3) is 0 Å². The van der Waals surface area contributed by atoms with Gasteiger partial charge in [0.15, 0.2) is 5.79 Å². The minimum Gasteiger partial charge on any atom is -0.362 e. The van der Waals surface area contributed by atoms with Gasteiger partial charge >= 0.3 is 0 Å². The smallest absolute Gasteiger partial charge is 0.190 e. The van der Waals surface area contributed by atoms with Crippen molar-refractivity contribution in [3.8, 4) is 0 Å². The zero-order valence-electron chi connectivity index (χ0n) is 4.46. The second kappa shape index (κ2) is 1.75. The van der Waals surface area contributed by atoms with Crippen LogP contribution in [-0.4, -0.2) is 16.0 Å². The molecule has 0 aromatic rings. The summed E-state index contributed by atoms with van der Waals surface area (Å²) in [6, 6.07) is 0. The maximum absolute atomic E-state index is 8.79. The summed E-state index contributed by atoms with van der Waals surface area (Å²) >= 11 is 0. The van der Waals surface area contributed by atoms with Gasteiger partial charge < -0.3 is 10.2 Å². The summed E-state index contributed by atoms with van der Waals surface area (Å²) in [6.07, 6.45) is 4.13. The lowest BCUT2D eigenvalue weighted by Gasteiger charge is -2.16. The van der Waals surface area contributed by atoms with Crippen molar-refractivity contribution in [2.75, 3.05) is 0 Å². The summed E-state index contributed by atoms with van der Waals surface area (Å²) in [5.41, 5.74) is 2.62. The molecule has 44 valence electrons. The zero-order valence-corrected chi connectivity index (χ0v) is 4.46. The van der Waals surface area contributed by atoms with Gasteiger partial charge in [0.05, 0.1) is 0 Å². The van der Waals surface area contributed by atoms with E-state index in [0.717, 1.165) is 0 Å². The Labute approximate surface area is 47.8 Å². The van der Waals surface area contributed by atoms with Crippen LogP contribution in [0.3, 0.4) is 0 Å². The monoisotopic (exact) mass is 112 g/mol. The first-order valence-electron chi connectivity index (χ1n) is 2.58. The average Bonchev–Trinajstić information content (AvgIpc) is 1.65. The zero-order chi connectivity index (χ0) is 6.04. The van der Waals surface area contributed by atoms with Crippen LogP contribution in [0.5, 0.6) is 0 Å². The van der Waals surface area contributed by atoms with Crippen molar-refractivity contribution in [3.63, 3.8) is 0 Å². The Bertz CT molecular complexity index is 141. The molecule has 0 saturated carbocycles. The first-order chi connectivity index (χ1) is 3.71. The van der Waals surface area contributed by atoms with Crippen LogP contribution in [-0.2, 0) is 0 Å².